The third-order valence-corrected chi connectivity index (χ3v) is 3.11. The first-order chi connectivity index (χ1) is 11.3. The molecule has 124 valence electrons. The van der Waals surface area contributed by atoms with E-state index in [2.05, 4.69) is 0 Å². The van der Waals surface area contributed by atoms with Crippen molar-refractivity contribution >= 4 is 23.8 Å². The molecule has 0 aliphatic carbocycles. The highest BCUT2D eigenvalue weighted by atomic mass is 16.6. The Labute approximate surface area is 140 Å². The smallest absolute Gasteiger partial charge is 0.345 e. The Morgan fingerprint density at radius 1 is 1.04 bits per heavy atom. The van der Waals surface area contributed by atoms with Gasteiger partial charge in [-0.25, -0.2) is 4.79 Å². The lowest BCUT2D eigenvalue weighted by Gasteiger charge is -2.19. The molecule has 0 unspecified atom stereocenters. The largest absolute Gasteiger partial charge is 0.456 e. The zero-order valence-corrected chi connectivity index (χ0v) is 13.9. The Balaban J connectivity index is 2.31. The first kappa shape index (κ1) is 17.4. The maximum Gasteiger partial charge on any atom is 0.345 e. The predicted octanol–water partition coefficient (Wildman–Crippen LogP) is 4.72. The van der Waals surface area contributed by atoms with Crippen LogP contribution in [0.25, 0.3) is 12.2 Å². The molecule has 5 heteroatoms. The molecule has 0 radical (unpaired) electrons. The molecule has 0 N–H and O–H groups in total. The highest BCUT2D eigenvalue weighted by Crippen LogP contribution is 2.24. The summed E-state index contributed by atoms with van der Waals surface area (Å²) in [5.74, 6) is -0.701. The molecule has 0 heterocycles. The average molecular weight is 325 g/mol. The van der Waals surface area contributed by atoms with Gasteiger partial charge in [-0.2, -0.15) is 0 Å². The van der Waals surface area contributed by atoms with Crippen molar-refractivity contribution in [3.8, 4) is 0 Å². The van der Waals surface area contributed by atoms with Crippen molar-refractivity contribution in [1.82, 2.24) is 0 Å². The van der Waals surface area contributed by atoms with Crippen LogP contribution in [0.4, 0.5) is 5.69 Å². The fraction of sp³-hybridized carbons (Fsp3) is 0.211. The quantitative estimate of drug-likeness (QED) is 0.353. The third-order valence-electron chi connectivity index (χ3n) is 3.11. The average Bonchev–Trinajstić information content (AvgIpc) is 2.52. The topological polar surface area (TPSA) is 69.4 Å². The summed E-state index contributed by atoms with van der Waals surface area (Å²) in [5, 5.41) is 11.3. The molecule has 0 fully saturated rings. The summed E-state index contributed by atoms with van der Waals surface area (Å²) in [6.07, 6.45) is 3.62. The van der Waals surface area contributed by atoms with Crippen LogP contribution in [-0.2, 0) is 4.74 Å². The van der Waals surface area contributed by atoms with Crippen molar-refractivity contribution in [2.24, 2.45) is 0 Å². The van der Waals surface area contributed by atoms with Crippen LogP contribution in [0, 0.1) is 10.1 Å². The van der Waals surface area contributed by atoms with Crippen molar-refractivity contribution in [3.05, 3.63) is 75.3 Å². The van der Waals surface area contributed by atoms with E-state index >= 15 is 0 Å². The van der Waals surface area contributed by atoms with E-state index in [1.807, 2.05) is 36.4 Å². The first-order valence-electron chi connectivity index (χ1n) is 7.51. The minimum absolute atomic E-state index is 0.0493. The molecular formula is C19H19NO4. The lowest BCUT2D eigenvalue weighted by Crippen LogP contribution is -2.24. The van der Waals surface area contributed by atoms with Gasteiger partial charge in [0.2, 0.25) is 0 Å². The van der Waals surface area contributed by atoms with E-state index in [0.717, 1.165) is 5.56 Å². The summed E-state index contributed by atoms with van der Waals surface area (Å²) in [4.78, 5) is 22.9. The van der Waals surface area contributed by atoms with Gasteiger partial charge in [-0.15, -0.1) is 0 Å². The fourth-order valence-electron chi connectivity index (χ4n) is 2.07. The minimum atomic E-state index is -0.711. The molecule has 0 aliphatic heterocycles. The minimum Gasteiger partial charge on any atom is -0.456 e. The number of esters is 1. The van der Waals surface area contributed by atoms with Gasteiger partial charge in [0, 0.05) is 6.07 Å². The lowest BCUT2D eigenvalue weighted by molar-refractivity contribution is -0.385. The number of carbonyl (C=O) groups excluding carboxylic acids is 1. The Morgan fingerprint density at radius 3 is 2.25 bits per heavy atom. The van der Waals surface area contributed by atoms with Crippen LogP contribution in [0.15, 0.2) is 48.5 Å². The van der Waals surface area contributed by atoms with Gasteiger partial charge in [-0.3, -0.25) is 10.1 Å². The van der Waals surface area contributed by atoms with Gasteiger partial charge in [0.25, 0.3) is 5.69 Å². The van der Waals surface area contributed by atoms with Gasteiger partial charge in [0.05, 0.1) is 4.92 Å². The molecular weight excluding hydrogens is 306 g/mol. The molecule has 0 saturated carbocycles. The van der Waals surface area contributed by atoms with Crippen LogP contribution in [0.2, 0.25) is 0 Å². The second kappa shape index (κ2) is 7.08. The number of rotatable bonds is 4. The van der Waals surface area contributed by atoms with Crippen LogP contribution in [0.1, 0.15) is 42.3 Å². The molecule has 5 nitrogen and oxygen atoms in total. The monoisotopic (exact) mass is 325 g/mol. The second-order valence-corrected chi connectivity index (χ2v) is 6.28. The zero-order valence-electron chi connectivity index (χ0n) is 13.9. The fourth-order valence-corrected chi connectivity index (χ4v) is 2.07. The number of nitro benzene ring substituents is 1. The van der Waals surface area contributed by atoms with Gasteiger partial charge >= 0.3 is 5.97 Å². The van der Waals surface area contributed by atoms with E-state index in [-0.39, 0.29) is 11.3 Å². The Morgan fingerprint density at radius 2 is 1.67 bits per heavy atom. The molecule has 0 aromatic heterocycles. The number of benzene rings is 2. The van der Waals surface area contributed by atoms with Gasteiger partial charge in [-0.05, 0) is 38.0 Å². The van der Waals surface area contributed by atoms with E-state index in [0.29, 0.717) is 5.56 Å². The summed E-state index contributed by atoms with van der Waals surface area (Å²) in [7, 11) is 0. The molecule has 0 saturated heterocycles. The van der Waals surface area contributed by atoms with Crippen LogP contribution in [0.5, 0.6) is 0 Å². The maximum atomic E-state index is 12.1. The molecule has 0 spiro atoms. The lowest BCUT2D eigenvalue weighted by atomic mass is 10.1. The van der Waals surface area contributed by atoms with E-state index in [4.69, 9.17) is 4.74 Å². The third kappa shape index (κ3) is 4.78. The summed E-state index contributed by atoms with van der Waals surface area (Å²) < 4.78 is 5.22. The highest BCUT2D eigenvalue weighted by molar-refractivity contribution is 5.94. The molecule has 2 rings (SSSR count). The van der Waals surface area contributed by atoms with Crippen LogP contribution in [-0.4, -0.2) is 16.5 Å². The summed E-state index contributed by atoms with van der Waals surface area (Å²) in [5.41, 5.74) is 0.595. The van der Waals surface area contributed by atoms with Crippen molar-refractivity contribution in [3.63, 3.8) is 0 Å². The van der Waals surface area contributed by atoms with E-state index in [1.165, 1.54) is 12.1 Å². The molecule has 0 aliphatic rings. The zero-order chi connectivity index (χ0) is 17.7. The first-order valence-corrected chi connectivity index (χ1v) is 7.51. The number of ether oxygens (including phenoxy) is 1. The summed E-state index contributed by atoms with van der Waals surface area (Å²) >= 11 is 0. The Bertz CT molecular complexity index is 774. The number of nitro groups is 1. The predicted molar refractivity (Wildman–Crippen MR) is 93.6 cm³/mol. The second-order valence-electron chi connectivity index (χ2n) is 6.28. The SMILES string of the molecule is CC(C)(C)OC(=O)c1ccc(C=Cc2ccccc2)cc1[N+](=O)[O-]. The van der Waals surface area contributed by atoms with Gasteiger partial charge < -0.3 is 4.74 Å². The van der Waals surface area contributed by atoms with E-state index in [9.17, 15) is 14.9 Å². The molecule has 0 amide bonds. The molecule has 2 aromatic carbocycles. The van der Waals surface area contributed by atoms with E-state index in [1.54, 1.807) is 32.9 Å². The van der Waals surface area contributed by atoms with Crippen LogP contribution >= 0.6 is 0 Å². The number of hydrogen-bond acceptors (Lipinski definition) is 4. The van der Waals surface area contributed by atoms with Gasteiger partial charge in [0.15, 0.2) is 0 Å². The number of nitrogens with zero attached hydrogens (tertiary/aromatic N) is 1. The van der Waals surface area contributed by atoms with Crippen molar-refractivity contribution in [1.29, 1.82) is 0 Å². The normalized spacial score (nSPS) is 11.5. The highest BCUT2D eigenvalue weighted by Gasteiger charge is 2.25. The van der Waals surface area contributed by atoms with E-state index < -0.39 is 16.5 Å². The maximum absolute atomic E-state index is 12.1. The summed E-state index contributed by atoms with van der Waals surface area (Å²) in [6, 6.07) is 14.1. The summed E-state index contributed by atoms with van der Waals surface area (Å²) in [6.45, 7) is 5.15. The number of carbonyl (C=O) groups is 1. The van der Waals surface area contributed by atoms with Crippen molar-refractivity contribution < 1.29 is 14.5 Å². The van der Waals surface area contributed by atoms with Crippen molar-refractivity contribution in [2.45, 2.75) is 26.4 Å². The molecule has 0 atom stereocenters. The Hall–Kier alpha value is -2.95. The Kier molecular flexibility index (Phi) is 5.14. The molecule has 24 heavy (non-hydrogen) atoms. The van der Waals surface area contributed by atoms with Gasteiger partial charge in [-0.1, -0.05) is 48.6 Å². The van der Waals surface area contributed by atoms with Gasteiger partial charge in [0.1, 0.15) is 11.2 Å². The molecule has 0 bridgehead atoms. The number of hydrogen-bond donors (Lipinski definition) is 0. The van der Waals surface area contributed by atoms with Crippen molar-refractivity contribution in [2.75, 3.05) is 0 Å². The standard InChI is InChI=1S/C19H19NO4/c1-19(2,3)24-18(21)16-12-11-15(13-17(16)20(22)23)10-9-14-7-5-4-6-8-14/h4-13H,1-3H3. The van der Waals surface area contributed by atoms with Crippen LogP contribution < -0.4 is 0 Å². The van der Waals surface area contributed by atoms with Crippen LogP contribution in [0.3, 0.4) is 0 Å². The molecule has 2 aromatic rings.